The quantitative estimate of drug-likeness (QED) is 0.402. The number of rotatable bonds is 3. The van der Waals surface area contributed by atoms with Crippen molar-refractivity contribution >= 4 is 11.9 Å². The van der Waals surface area contributed by atoms with E-state index in [4.69, 9.17) is 9.47 Å². The smallest absolute Gasteiger partial charge is 0.309 e. The molecule has 5 saturated carbocycles. The van der Waals surface area contributed by atoms with Crippen LogP contribution in [0, 0.1) is 59.2 Å². The Bertz CT molecular complexity index is 763. The van der Waals surface area contributed by atoms with Gasteiger partial charge in [-0.3, -0.25) is 9.59 Å². The van der Waals surface area contributed by atoms with Crippen LogP contribution in [-0.4, -0.2) is 23.6 Å². The molecule has 29 heavy (non-hydrogen) atoms. The Morgan fingerprint density at radius 2 is 1.52 bits per heavy atom. The predicted molar refractivity (Wildman–Crippen MR) is 107 cm³/mol. The second kappa shape index (κ2) is 6.11. The van der Waals surface area contributed by atoms with Gasteiger partial charge in [0.1, 0.15) is 11.7 Å². The van der Waals surface area contributed by atoms with E-state index in [-0.39, 0.29) is 29.9 Å². The van der Waals surface area contributed by atoms with Crippen LogP contribution in [0.25, 0.3) is 0 Å². The summed E-state index contributed by atoms with van der Waals surface area (Å²) in [6.45, 7) is 5.88. The van der Waals surface area contributed by atoms with E-state index in [1.807, 2.05) is 20.8 Å². The summed E-state index contributed by atoms with van der Waals surface area (Å²) in [4.78, 5) is 25.6. The number of carbonyl (C=O) groups excluding carboxylic acids is 2. The molecule has 6 aliphatic carbocycles. The average Bonchev–Trinajstić information content (AvgIpc) is 3.46. The SMILES string of the molecule is CC(C)(C)OC(=O)C1CC2CC1C1C3CC(OC(=O)C4CC5C=CC4C5)C(C3)C21. The molecule has 6 rings (SSSR count). The molecule has 0 amide bonds. The van der Waals surface area contributed by atoms with Crippen LogP contribution < -0.4 is 0 Å². The van der Waals surface area contributed by atoms with Crippen LogP contribution in [0.1, 0.15) is 59.3 Å². The van der Waals surface area contributed by atoms with Crippen molar-refractivity contribution in [3.63, 3.8) is 0 Å². The first-order valence-electron chi connectivity index (χ1n) is 11.9. The molecule has 6 aliphatic rings. The molecule has 158 valence electrons. The number of esters is 2. The Balaban J connectivity index is 1.12. The number of ether oxygens (including phenoxy) is 2. The minimum atomic E-state index is -0.402. The van der Waals surface area contributed by atoms with E-state index in [2.05, 4.69) is 12.2 Å². The van der Waals surface area contributed by atoms with E-state index in [0.717, 1.165) is 25.7 Å². The Labute approximate surface area is 173 Å². The van der Waals surface area contributed by atoms with Crippen molar-refractivity contribution in [1.82, 2.24) is 0 Å². The molecule has 4 heteroatoms. The first-order valence-corrected chi connectivity index (χ1v) is 11.9. The van der Waals surface area contributed by atoms with Gasteiger partial charge in [-0.15, -0.1) is 0 Å². The molecule has 0 aromatic carbocycles. The first kappa shape index (κ1) is 18.4. The van der Waals surface area contributed by atoms with Gasteiger partial charge in [-0.2, -0.15) is 0 Å². The van der Waals surface area contributed by atoms with E-state index in [1.165, 1.54) is 12.8 Å². The third-order valence-electron chi connectivity index (χ3n) is 9.32. The van der Waals surface area contributed by atoms with Crippen molar-refractivity contribution in [2.75, 3.05) is 0 Å². The van der Waals surface area contributed by atoms with Gasteiger partial charge in [-0.05, 0) is 107 Å². The molecule has 0 saturated heterocycles. The Morgan fingerprint density at radius 1 is 0.793 bits per heavy atom. The van der Waals surface area contributed by atoms with Crippen LogP contribution >= 0.6 is 0 Å². The lowest BCUT2D eigenvalue weighted by atomic mass is 9.67. The van der Waals surface area contributed by atoms with Gasteiger partial charge in [0.15, 0.2) is 0 Å². The van der Waals surface area contributed by atoms with Crippen molar-refractivity contribution in [2.24, 2.45) is 59.2 Å². The van der Waals surface area contributed by atoms with Gasteiger partial charge in [0.2, 0.25) is 0 Å². The summed E-state index contributed by atoms with van der Waals surface area (Å²) in [5.41, 5.74) is -0.402. The van der Waals surface area contributed by atoms with Gasteiger partial charge in [0.25, 0.3) is 0 Å². The van der Waals surface area contributed by atoms with E-state index in [1.54, 1.807) is 0 Å². The highest BCUT2D eigenvalue weighted by Crippen LogP contribution is 2.69. The maximum absolute atomic E-state index is 12.9. The molecule has 0 radical (unpaired) electrons. The molecule has 11 atom stereocenters. The van der Waals surface area contributed by atoms with Gasteiger partial charge < -0.3 is 9.47 Å². The van der Waals surface area contributed by atoms with Crippen molar-refractivity contribution in [2.45, 2.75) is 71.0 Å². The fraction of sp³-hybridized carbons (Fsp3) is 0.840. The van der Waals surface area contributed by atoms with Crippen molar-refractivity contribution in [3.05, 3.63) is 12.2 Å². The van der Waals surface area contributed by atoms with Gasteiger partial charge in [0, 0.05) is 0 Å². The number of hydrogen-bond donors (Lipinski definition) is 0. The molecule has 0 N–H and O–H groups in total. The van der Waals surface area contributed by atoms with Gasteiger partial charge in [0.05, 0.1) is 11.8 Å². The first-order chi connectivity index (χ1) is 13.8. The standard InChI is InChI=1S/C25H34O4/c1-25(2,3)29-24(27)18-9-14-8-17(18)21-15-10-19(22(14)21)20(11-15)28-23(26)16-7-12-4-5-13(16)6-12/h4-5,12-22H,6-11H2,1-3H3. The topological polar surface area (TPSA) is 52.6 Å². The second-order valence-electron chi connectivity index (χ2n) is 11.9. The van der Waals surface area contributed by atoms with Gasteiger partial charge >= 0.3 is 11.9 Å². The summed E-state index contributed by atoms with van der Waals surface area (Å²) in [6, 6.07) is 0. The van der Waals surface area contributed by atoms with E-state index in [9.17, 15) is 9.59 Å². The Morgan fingerprint density at radius 3 is 2.21 bits per heavy atom. The predicted octanol–water partition coefficient (Wildman–Crippen LogP) is 4.38. The number of hydrogen-bond acceptors (Lipinski definition) is 4. The molecule has 4 nitrogen and oxygen atoms in total. The maximum atomic E-state index is 12.9. The fourth-order valence-corrected chi connectivity index (χ4v) is 8.61. The highest BCUT2D eigenvalue weighted by atomic mass is 16.6. The summed E-state index contributed by atoms with van der Waals surface area (Å²) in [5.74, 6) is 5.00. The monoisotopic (exact) mass is 398 g/mol. The normalized spacial score (nSPS) is 50.9. The number of fused-ring (bicyclic) bond motifs is 11. The molecule has 0 spiro atoms. The van der Waals surface area contributed by atoms with Crippen LogP contribution in [0.15, 0.2) is 12.2 Å². The highest BCUT2D eigenvalue weighted by molar-refractivity contribution is 5.75. The summed E-state index contributed by atoms with van der Waals surface area (Å²) in [7, 11) is 0. The summed E-state index contributed by atoms with van der Waals surface area (Å²) in [6.07, 6.45) is 11.2. The minimum Gasteiger partial charge on any atom is -0.462 e. The zero-order valence-corrected chi connectivity index (χ0v) is 17.9. The van der Waals surface area contributed by atoms with Crippen LogP contribution in [0.5, 0.6) is 0 Å². The zero-order valence-electron chi connectivity index (χ0n) is 17.9. The molecular formula is C25H34O4. The van der Waals surface area contributed by atoms with Crippen LogP contribution in [0.2, 0.25) is 0 Å². The lowest BCUT2D eigenvalue weighted by Crippen LogP contribution is -2.42. The lowest BCUT2D eigenvalue weighted by molar-refractivity contribution is -0.165. The van der Waals surface area contributed by atoms with Crippen LogP contribution in [0.3, 0.4) is 0 Å². The van der Waals surface area contributed by atoms with Gasteiger partial charge in [-0.25, -0.2) is 0 Å². The molecule has 0 aromatic rings. The van der Waals surface area contributed by atoms with E-state index < -0.39 is 5.60 Å². The molecule has 6 bridgehead atoms. The highest BCUT2D eigenvalue weighted by Gasteiger charge is 2.66. The van der Waals surface area contributed by atoms with Crippen molar-refractivity contribution in [3.8, 4) is 0 Å². The van der Waals surface area contributed by atoms with E-state index in [0.29, 0.717) is 47.3 Å². The number of allylic oxidation sites excluding steroid dienone is 2. The molecule has 0 aliphatic heterocycles. The molecule has 0 aromatic heterocycles. The molecule has 0 heterocycles. The maximum Gasteiger partial charge on any atom is 0.309 e. The van der Waals surface area contributed by atoms with E-state index >= 15 is 0 Å². The minimum absolute atomic E-state index is 0.0264. The third-order valence-corrected chi connectivity index (χ3v) is 9.32. The van der Waals surface area contributed by atoms with Gasteiger partial charge in [-0.1, -0.05) is 12.2 Å². The van der Waals surface area contributed by atoms with Crippen LogP contribution in [0.4, 0.5) is 0 Å². The summed E-state index contributed by atoms with van der Waals surface area (Å²) < 4.78 is 11.9. The summed E-state index contributed by atoms with van der Waals surface area (Å²) in [5, 5.41) is 0. The Kier molecular flexibility index (Phi) is 3.88. The largest absolute Gasteiger partial charge is 0.462 e. The second-order valence-corrected chi connectivity index (χ2v) is 11.9. The zero-order chi connectivity index (χ0) is 20.1. The average molecular weight is 399 g/mol. The van der Waals surface area contributed by atoms with Crippen molar-refractivity contribution < 1.29 is 19.1 Å². The molecule has 11 unspecified atom stereocenters. The van der Waals surface area contributed by atoms with Crippen LogP contribution in [-0.2, 0) is 19.1 Å². The van der Waals surface area contributed by atoms with Crippen molar-refractivity contribution in [1.29, 1.82) is 0 Å². The third kappa shape index (κ3) is 2.76. The molecule has 5 fully saturated rings. The Hall–Kier alpha value is -1.32. The summed E-state index contributed by atoms with van der Waals surface area (Å²) >= 11 is 0. The lowest BCUT2D eigenvalue weighted by Gasteiger charge is -2.41. The fourth-order valence-electron chi connectivity index (χ4n) is 8.61. The number of carbonyl (C=O) groups is 2. The molecular weight excluding hydrogens is 364 g/mol.